The van der Waals surface area contributed by atoms with E-state index < -0.39 is 0 Å². The molecule has 1 saturated carbocycles. The fourth-order valence-electron chi connectivity index (χ4n) is 3.09. The van der Waals surface area contributed by atoms with Crippen molar-refractivity contribution < 1.29 is 13.6 Å². The number of rotatable bonds is 6. The first-order chi connectivity index (χ1) is 13.1. The van der Waals surface area contributed by atoms with Crippen LogP contribution in [0.2, 0.25) is 0 Å². The Morgan fingerprint density at radius 1 is 1.04 bits per heavy atom. The van der Waals surface area contributed by atoms with Crippen LogP contribution < -0.4 is 0 Å². The molecule has 2 aromatic carbocycles. The van der Waals surface area contributed by atoms with Gasteiger partial charge in [-0.15, -0.1) is 0 Å². The van der Waals surface area contributed by atoms with E-state index in [0.29, 0.717) is 18.7 Å². The minimum atomic E-state index is -0.362. The predicted molar refractivity (Wildman–Crippen MR) is 97.0 cm³/mol. The lowest BCUT2D eigenvalue weighted by molar-refractivity contribution is 0.0723. The molecule has 0 unspecified atom stereocenters. The van der Waals surface area contributed by atoms with Gasteiger partial charge < -0.3 is 9.47 Å². The fourth-order valence-corrected chi connectivity index (χ4v) is 3.09. The lowest BCUT2D eigenvalue weighted by Crippen LogP contribution is -2.33. The van der Waals surface area contributed by atoms with Crippen LogP contribution in [-0.2, 0) is 13.1 Å². The van der Waals surface area contributed by atoms with E-state index in [1.54, 1.807) is 23.2 Å². The van der Waals surface area contributed by atoms with Crippen LogP contribution in [0.5, 0.6) is 0 Å². The summed E-state index contributed by atoms with van der Waals surface area (Å²) in [6, 6.07) is 12.2. The molecule has 1 aliphatic rings. The zero-order valence-corrected chi connectivity index (χ0v) is 14.7. The number of carbonyl (C=O) groups is 1. The summed E-state index contributed by atoms with van der Waals surface area (Å²) in [6.45, 7) is 0.938. The van der Waals surface area contributed by atoms with E-state index in [4.69, 9.17) is 0 Å². The number of carbonyl (C=O) groups excluding carboxylic acids is 1. The van der Waals surface area contributed by atoms with Crippen molar-refractivity contribution in [2.75, 3.05) is 0 Å². The van der Waals surface area contributed by atoms with Gasteiger partial charge in [0.25, 0.3) is 5.91 Å². The third-order valence-electron chi connectivity index (χ3n) is 4.72. The Morgan fingerprint density at radius 3 is 2.30 bits per heavy atom. The molecule has 1 aliphatic carbocycles. The van der Waals surface area contributed by atoms with Crippen molar-refractivity contribution in [2.24, 2.45) is 0 Å². The van der Waals surface area contributed by atoms with Crippen molar-refractivity contribution in [3.05, 3.63) is 89.5 Å². The zero-order valence-electron chi connectivity index (χ0n) is 14.7. The van der Waals surface area contributed by atoms with Crippen molar-refractivity contribution in [1.82, 2.24) is 14.5 Å². The van der Waals surface area contributed by atoms with Crippen LogP contribution in [0.25, 0.3) is 0 Å². The van der Waals surface area contributed by atoms with Gasteiger partial charge in [0.2, 0.25) is 0 Å². The number of benzene rings is 2. The van der Waals surface area contributed by atoms with Gasteiger partial charge in [-0.25, -0.2) is 13.8 Å². The van der Waals surface area contributed by atoms with Gasteiger partial charge in [0.1, 0.15) is 17.5 Å². The highest BCUT2D eigenvalue weighted by Gasteiger charge is 2.33. The highest BCUT2D eigenvalue weighted by atomic mass is 19.1. The summed E-state index contributed by atoms with van der Waals surface area (Å²) in [5.41, 5.74) is 1.43. The number of hydrogen-bond donors (Lipinski definition) is 0. The second kappa shape index (κ2) is 7.31. The topological polar surface area (TPSA) is 38.1 Å². The van der Waals surface area contributed by atoms with Crippen molar-refractivity contribution in [2.45, 2.75) is 32.0 Å². The highest BCUT2D eigenvalue weighted by molar-refractivity contribution is 5.94. The van der Waals surface area contributed by atoms with Crippen LogP contribution >= 0.6 is 0 Å². The number of hydrogen-bond acceptors (Lipinski definition) is 2. The Kier molecular flexibility index (Phi) is 4.71. The van der Waals surface area contributed by atoms with E-state index in [1.165, 1.54) is 36.4 Å². The molecule has 3 aromatic rings. The Balaban J connectivity index is 1.53. The molecule has 0 bridgehead atoms. The maximum absolute atomic E-state index is 13.2. The molecule has 4 nitrogen and oxygen atoms in total. The normalized spacial score (nSPS) is 13.6. The average molecular weight is 367 g/mol. The summed E-state index contributed by atoms with van der Waals surface area (Å²) < 4.78 is 28.2. The van der Waals surface area contributed by atoms with E-state index in [2.05, 4.69) is 4.98 Å². The molecule has 0 spiro atoms. The second-order valence-electron chi connectivity index (χ2n) is 6.77. The Labute approximate surface area is 156 Å². The van der Waals surface area contributed by atoms with Gasteiger partial charge >= 0.3 is 0 Å². The lowest BCUT2D eigenvalue weighted by Gasteiger charge is -2.23. The highest BCUT2D eigenvalue weighted by Crippen LogP contribution is 2.29. The molecule has 138 valence electrons. The number of imidazole rings is 1. The number of nitrogens with zero attached hydrogens (tertiary/aromatic N) is 3. The van der Waals surface area contributed by atoms with Gasteiger partial charge in [-0.05, 0) is 54.8 Å². The summed E-state index contributed by atoms with van der Waals surface area (Å²) in [5.74, 6) is 0.0179. The van der Waals surface area contributed by atoms with Crippen LogP contribution in [-0.4, -0.2) is 26.4 Å². The van der Waals surface area contributed by atoms with Gasteiger partial charge in [0, 0.05) is 30.5 Å². The molecule has 0 saturated heterocycles. The van der Waals surface area contributed by atoms with E-state index in [9.17, 15) is 13.6 Å². The molecule has 1 amide bonds. The zero-order chi connectivity index (χ0) is 18.8. The predicted octanol–water partition coefficient (Wildman–Crippen LogP) is 4.01. The molecule has 27 heavy (non-hydrogen) atoms. The van der Waals surface area contributed by atoms with E-state index >= 15 is 0 Å². The molecule has 0 aliphatic heterocycles. The van der Waals surface area contributed by atoms with Gasteiger partial charge in [0.15, 0.2) is 0 Å². The molecule has 6 heteroatoms. The smallest absolute Gasteiger partial charge is 0.254 e. The number of amides is 1. The summed E-state index contributed by atoms with van der Waals surface area (Å²) >= 11 is 0. The lowest BCUT2D eigenvalue weighted by atomic mass is 10.2. The number of halogens is 2. The molecule has 0 N–H and O–H groups in total. The maximum atomic E-state index is 13.2. The molecule has 0 atom stereocenters. The van der Waals surface area contributed by atoms with Crippen LogP contribution in [0.15, 0.2) is 60.9 Å². The monoisotopic (exact) mass is 367 g/mol. The van der Waals surface area contributed by atoms with E-state index in [1.807, 2.05) is 10.8 Å². The van der Waals surface area contributed by atoms with Crippen LogP contribution in [0, 0.1) is 11.6 Å². The van der Waals surface area contributed by atoms with E-state index in [-0.39, 0.29) is 23.6 Å². The molecule has 1 heterocycles. The third kappa shape index (κ3) is 4.05. The minimum absolute atomic E-state index is 0.117. The van der Waals surface area contributed by atoms with Crippen molar-refractivity contribution in [3.8, 4) is 0 Å². The third-order valence-corrected chi connectivity index (χ3v) is 4.72. The maximum Gasteiger partial charge on any atom is 0.254 e. The fraction of sp³-hybridized carbons (Fsp3) is 0.238. The van der Waals surface area contributed by atoms with Crippen LogP contribution in [0.3, 0.4) is 0 Å². The van der Waals surface area contributed by atoms with Gasteiger partial charge in [0.05, 0.1) is 6.54 Å². The van der Waals surface area contributed by atoms with Crippen molar-refractivity contribution >= 4 is 5.91 Å². The Bertz CT molecular complexity index is 931. The first-order valence-corrected chi connectivity index (χ1v) is 8.91. The molecule has 4 rings (SSSR count). The van der Waals surface area contributed by atoms with Gasteiger partial charge in [-0.2, -0.15) is 0 Å². The minimum Gasteiger partial charge on any atom is -0.329 e. The summed E-state index contributed by atoms with van der Waals surface area (Å²) in [6.07, 6.45) is 5.48. The van der Waals surface area contributed by atoms with Crippen molar-refractivity contribution in [1.29, 1.82) is 0 Å². The molecule has 0 radical (unpaired) electrons. The standard InChI is InChI=1S/C21H19F2N3O/c22-17-5-1-15(2-6-17)13-25-12-11-24-20(25)14-26(19-9-10-19)21(27)16-3-7-18(23)8-4-16/h1-8,11-12,19H,9-10,13-14H2. The largest absolute Gasteiger partial charge is 0.329 e. The summed E-state index contributed by atoms with van der Waals surface area (Å²) in [7, 11) is 0. The Morgan fingerprint density at radius 2 is 1.67 bits per heavy atom. The van der Waals surface area contributed by atoms with Gasteiger partial charge in [-0.1, -0.05) is 12.1 Å². The first kappa shape index (κ1) is 17.4. The van der Waals surface area contributed by atoms with Crippen LogP contribution in [0.1, 0.15) is 34.6 Å². The molecular formula is C21H19F2N3O. The molecule has 1 fully saturated rings. The average Bonchev–Trinajstić information content (AvgIpc) is 3.42. The van der Waals surface area contributed by atoms with Crippen molar-refractivity contribution in [3.63, 3.8) is 0 Å². The number of aromatic nitrogens is 2. The van der Waals surface area contributed by atoms with Gasteiger partial charge in [-0.3, -0.25) is 4.79 Å². The second-order valence-corrected chi connectivity index (χ2v) is 6.77. The SMILES string of the molecule is O=C(c1ccc(F)cc1)N(Cc1nccn1Cc1ccc(F)cc1)C1CC1. The molecule has 1 aromatic heterocycles. The summed E-state index contributed by atoms with van der Waals surface area (Å²) in [4.78, 5) is 19.1. The summed E-state index contributed by atoms with van der Waals surface area (Å²) in [5, 5.41) is 0. The quantitative estimate of drug-likeness (QED) is 0.660. The van der Waals surface area contributed by atoms with E-state index in [0.717, 1.165) is 24.2 Å². The Hall–Kier alpha value is -3.02. The van der Waals surface area contributed by atoms with Crippen LogP contribution in [0.4, 0.5) is 8.78 Å². The molecular weight excluding hydrogens is 348 g/mol. The first-order valence-electron chi connectivity index (χ1n) is 8.91.